The summed E-state index contributed by atoms with van der Waals surface area (Å²) in [6.07, 6.45) is -5.06. The number of benzene rings is 1. The molecule has 1 aromatic carbocycles. The first-order valence-corrected chi connectivity index (χ1v) is 8.48. The van der Waals surface area contributed by atoms with Crippen molar-refractivity contribution in [2.75, 3.05) is 25.5 Å². The molecule has 1 amide bonds. The second-order valence-corrected chi connectivity index (χ2v) is 6.76. The molecule has 1 fully saturated rings. The third-order valence-corrected chi connectivity index (χ3v) is 4.73. The molecule has 3 rings (SSSR count). The molecule has 0 saturated carbocycles. The Hall–Kier alpha value is -2.33. The number of amides is 1. The van der Waals surface area contributed by atoms with Gasteiger partial charge in [0.15, 0.2) is 0 Å². The van der Waals surface area contributed by atoms with Gasteiger partial charge in [0.05, 0.1) is 11.6 Å². The maximum atomic E-state index is 14.3. The van der Waals surface area contributed by atoms with E-state index in [1.165, 1.54) is 12.1 Å². The van der Waals surface area contributed by atoms with Crippen molar-refractivity contribution in [2.45, 2.75) is 31.4 Å². The predicted molar refractivity (Wildman–Crippen MR) is 94.1 cm³/mol. The average Bonchev–Trinajstić information content (AvgIpc) is 2.94. The number of hydrogen-bond donors (Lipinski definition) is 3. The molecule has 0 bridgehead atoms. The Balaban J connectivity index is 2.01. The molecule has 1 aliphatic heterocycles. The summed E-state index contributed by atoms with van der Waals surface area (Å²) in [5, 5.41) is 3.50. The van der Waals surface area contributed by atoms with Gasteiger partial charge in [-0.25, -0.2) is 10.2 Å². The van der Waals surface area contributed by atoms with Gasteiger partial charge in [-0.05, 0) is 31.7 Å². The Bertz CT molecular complexity index is 835. The molecule has 0 spiro atoms. The summed E-state index contributed by atoms with van der Waals surface area (Å²) in [6, 6.07) is 5.61. The van der Waals surface area contributed by atoms with Gasteiger partial charge in [0, 0.05) is 24.2 Å². The molecule has 1 saturated heterocycles. The molecule has 4 N–H and O–H groups in total. The van der Waals surface area contributed by atoms with Gasteiger partial charge in [-0.2, -0.15) is 13.2 Å². The number of anilines is 1. The largest absolute Gasteiger partial charge is 0.406 e. The van der Waals surface area contributed by atoms with Crippen LogP contribution in [0.3, 0.4) is 0 Å². The van der Waals surface area contributed by atoms with E-state index in [-0.39, 0.29) is 17.8 Å². The molecule has 2 atom stereocenters. The van der Waals surface area contributed by atoms with E-state index in [0.29, 0.717) is 24.0 Å². The monoisotopic (exact) mass is 387 g/mol. The number of fused-ring (bicyclic) bond motifs is 1. The molecule has 6 nitrogen and oxygen atoms in total. The number of nitrogens with zero attached hydrogens (tertiary/aromatic N) is 2. The second-order valence-electron chi connectivity index (χ2n) is 6.76. The number of piperidine rings is 1. The second kappa shape index (κ2) is 7.35. The molecule has 2 aromatic rings. The summed E-state index contributed by atoms with van der Waals surface area (Å²) >= 11 is 0. The maximum Gasteiger partial charge on any atom is 0.406 e. The number of carbonyl (C=O) groups excluding carboxylic acids is 1. The SMILES string of the molecule is CN1CCC(Nc2cccc3c2cc(C(=O)NN)n3CC(F)(F)F)[C@@H](F)C1. The summed E-state index contributed by atoms with van der Waals surface area (Å²) in [4.78, 5) is 13.9. The lowest BCUT2D eigenvalue weighted by atomic mass is 10.0. The minimum absolute atomic E-state index is 0.209. The molecule has 148 valence electrons. The lowest BCUT2D eigenvalue weighted by Crippen LogP contribution is -2.46. The number of likely N-dealkylation sites (tertiary alicyclic amines) is 1. The first-order valence-electron chi connectivity index (χ1n) is 8.48. The average molecular weight is 387 g/mol. The van der Waals surface area contributed by atoms with Gasteiger partial charge in [0.1, 0.15) is 18.4 Å². The van der Waals surface area contributed by atoms with Crippen LogP contribution in [0.25, 0.3) is 10.9 Å². The van der Waals surface area contributed by atoms with Crippen molar-refractivity contribution in [1.29, 1.82) is 0 Å². The van der Waals surface area contributed by atoms with Crippen LogP contribution in [0, 0.1) is 0 Å². The van der Waals surface area contributed by atoms with Gasteiger partial charge in [0.2, 0.25) is 0 Å². The highest BCUT2D eigenvalue weighted by atomic mass is 19.4. The zero-order valence-corrected chi connectivity index (χ0v) is 14.7. The quantitative estimate of drug-likeness (QED) is 0.326. The topological polar surface area (TPSA) is 75.3 Å². The van der Waals surface area contributed by atoms with Crippen LogP contribution in [0.2, 0.25) is 0 Å². The number of carbonyl (C=O) groups is 1. The van der Waals surface area contributed by atoms with Crippen LogP contribution >= 0.6 is 0 Å². The number of alkyl halides is 4. The standard InChI is InChI=1S/C17H21F4N5O/c1-25-6-5-13(11(18)8-25)23-12-3-2-4-14-10(12)7-15(16(27)24-22)26(14)9-17(19,20)21/h2-4,7,11,13,23H,5-6,8-9,22H2,1H3,(H,24,27)/t11-,13?/m0/s1. The van der Waals surface area contributed by atoms with Gasteiger partial charge in [0.25, 0.3) is 5.91 Å². The van der Waals surface area contributed by atoms with Crippen LogP contribution in [-0.4, -0.2) is 53.9 Å². The fraction of sp³-hybridized carbons (Fsp3) is 0.471. The van der Waals surface area contributed by atoms with E-state index in [0.717, 1.165) is 4.57 Å². The van der Waals surface area contributed by atoms with Crippen LogP contribution in [0.15, 0.2) is 24.3 Å². The van der Waals surface area contributed by atoms with E-state index < -0.39 is 30.8 Å². The van der Waals surface area contributed by atoms with E-state index in [9.17, 15) is 22.4 Å². The maximum absolute atomic E-state index is 14.3. The van der Waals surface area contributed by atoms with Crippen LogP contribution in [-0.2, 0) is 6.54 Å². The summed E-state index contributed by atoms with van der Waals surface area (Å²) in [5.41, 5.74) is 2.36. The first-order chi connectivity index (χ1) is 12.7. The number of hydrogen-bond acceptors (Lipinski definition) is 4. The highest BCUT2D eigenvalue weighted by molar-refractivity contribution is 6.02. The summed E-state index contributed by atoms with van der Waals surface area (Å²) < 4.78 is 54.2. The van der Waals surface area contributed by atoms with Gasteiger partial charge < -0.3 is 14.8 Å². The minimum Gasteiger partial charge on any atom is -0.379 e. The van der Waals surface area contributed by atoms with Crippen molar-refractivity contribution < 1.29 is 22.4 Å². The van der Waals surface area contributed by atoms with Gasteiger partial charge >= 0.3 is 6.18 Å². The third-order valence-electron chi connectivity index (χ3n) is 4.73. The van der Waals surface area contributed by atoms with Crippen LogP contribution in [0.1, 0.15) is 16.9 Å². The Morgan fingerprint density at radius 1 is 1.37 bits per heavy atom. The summed E-state index contributed by atoms with van der Waals surface area (Å²) in [5.74, 6) is 4.28. The predicted octanol–water partition coefficient (Wildman–Crippen LogP) is 2.26. The van der Waals surface area contributed by atoms with Gasteiger partial charge in [-0.15, -0.1) is 0 Å². The third kappa shape index (κ3) is 4.16. The molecule has 0 aliphatic carbocycles. The van der Waals surface area contributed by atoms with Crippen molar-refractivity contribution in [2.24, 2.45) is 5.84 Å². The number of hydrazine groups is 1. The molecule has 1 unspecified atom stereocenters. The Labute approximate surface area is 153 Å². The van der Waals surface area contributed by atoms with E-state index in [4.69, 9.17) is 5.84 Å². The number of nitrogens with two attached hydrogens (primary N) is 1. The Kier molecular flexibility index (Phi) is 5.29. The zero-order valence-electron chi connectivity index (χ0n) is 14.7. The number of rotatable bonds is 4. The van der Waals surface area contributed by atoms with Crippen molar-refractivity contribution in [3.63, 3.8) is 0 Å². The van der Waals surface area contributed by atoms with Crippen LogP contribution in [0.5, 0.6) is 0 Å². The van der Waals surface area contributed by atoms with Crippen molar-refractivity contribution in [1.82, 2.24) is 14.9 Å². The van der Waals surface area contributed by atoms with E-state index in [1.54, 1.807) is 12.1 Å². The Morgan fingerprint density at radius 2 is 2.11 bits per heavy atom. The zero-order chi connectivity index (χ0) is 19.8. The fourth-order valence-electron chi connectivity index (χ4n) is 3.44. The van der Waals surface area contributed by atoms with E-state index in [2.05, 4.69) is 5.32 Å². The van der Waals surface area contributed by atoms with Crippen molar-refractivity contribution in [3.8, 4) is 0 Å². The molecule has 1 aromatic heterocycles. The van der Waals surface area contributed by atoms with Crippen LogP contribution in [0.4, 0.5) is 23.2 Å². The number of nitrogen functional groups attached to an aromatic ring is 1. The molecule has 1 aliphatic rings. The van der Waals surface area contributed by atoms with Crippen LogP contribution < -0.4 is 16.6 Å². The lowest BCUT2D eigenvalue weighted by Gasteiger charge is -2.33. The molecule has 0 radical (unpaired) electrons. The highest BCUT2D eigenvalue weighted by Gasteiger charge is 2.32. The fourth-order valence-corrected chi connectivity index (χ4v) is 3.44. The molecular weight excluding hydrogens is 366 g/mol. The van der Waals surface area contributed by atoms with E-state index >= 15 is 0 Å². The number of nitrogens with one attached hydrogen (secondary N) is 2. The minimum atomic E-state index is -4.52. The number of halogens is 4. The number of aromatic nitrogens is 1. The van der Waals surface area contributed by atoms with Gasteiger partial charge in [-0.1, -0.05) is 6.07 Å². The van der Waals surface area contributed by atoms with Crippen molar-refractivity contribution in [3.05, 3.63) is 30.0 Å². The summed E-state index contributed by atoms with van der Waals surface area (Å²) in [7, 11) is 1.83. The molecular formula is C17H21F4N5O. The summed E-state index contributed by atoms with van der Waals surface area (Å²) in [6.45, 7) is -0.337. The molecule has 10 heteroatoms. The molecule has 2 heterocycles. The Morgan fingerprint density at radius 3 is 2.74 bits per heavy atom. The van der Waals surface area contributed by atoms with Gasteiger partial charge in [-0.3, -0.25) is 10.2 Å². The van der Waals surface area contributed by atoms with Crippen molar-refractivity contribution >= 4 is 22.5 Å². The normalized spacial score (nSPS) is 21.4. The first kappa shape index (κ1) is 19.4. The van der Waals surface area contributed by atoms with E-state index in [1.807, 2.05) is 17.4 Å². The molecule has 27 heavy (non-hydrogen) atoms. The smallest absolute Gasteiger partial charge is 0.379 e. The highest BCUT2D eigenvalue weighted by Crippen LogP contribution is 2.31. The lowest BCUT2D eigenvalue weighted by molar-refractivity contribution is -0.140.